The van der Waals surface area contributed by atoms with Crippen LogP contribution in [0.5, 0.6) is 5.75 Å². The standard InChI is InChI=1S/C20H24Cl2N2O4/c1-19(2,3)24(18(26)27)20(4,13-7-9-16(22)23-11-13)17(25)12-6-8-14(21)15(10-12)28-5/h6-11,17,25H,1-5H3,(H,26,27). The number of rotatable bonds is 5. The van der Waals surface area contributed by atoms with E-state index < -0.39 is 23.3 Å². The molecule has 2 unspecified atom stereocenters. The van der Waals surface area contributed by atoms with Crippen LogP contribution < -0.4 is 4.74 Å². The summed E-state index contributed by atoms with van der Waals surface area (Å²) in [5, 5.41) is 22.1. The summed E-state index contributed by atoms with van der Waals surface area (Å²) in [6, 6.07) is 8.05. The van der Waals surface area contributed by atoms with Crippen LogP contribution in [0, 0.1) is 0 Å². The van der Waals surface area contributed by atoms with Crippen molar-refractivity contribution in [3.63, 3.8) is 0 Å². The number of hydrogen-bond donors (Lipinski definition) is 2. The number of benzene rings is 1. The molecule has 2 N–H and O–H groups in total. The Hall–Kier alpha value is -2.02. The number of amides is 1. The third-order valence-electron chi connectivity index (χ3n) is 4.66. The van der Waals surface area contributed by atoms with E-state index in [1.54, 1.807) is 58.0 Å². The Morgan fingerprint density at radius 2 is 1.82 bits per heavy atom. The predicted molar refractivity (Wildman–Crippen MR) is 109 cm³/mol. The van der Waals surface area contributed by atoms with E-state index in [-0.39, 0.29) is 5.15 Å². The first kappa shape index (κ1) is 22.3. The van der Waals surface area contributed by atoms with Gasteiger partial charge in [0.1, 0.15) is 22.5 Å². The number of aliphatic hydroxyl groups excluding tert-OH is 1. The van der Waals surface area contributed by atoms with Crippen molar-refractivity contribution in [1.82, 2.24) is 9.88 Å². The Bertz CT molecular complexity index is 852. The minimum Gasteiger partial charge on any atom is -0.495 e. The van der Waals surface area contributed by atoms with Crippen molar-refractivity contribution in [2.45, 2.75) is 44.9 Å². The summed E-state index contributed by atoms with van der Waals surface area (Å²) in [6.07, 6.45) is -0.942. The minimum absolute atomic E-state index is 0.270. The van der Waals surface area contributed by atoms with Crippen LogP contribution in [0.3, 0.4) is 0 Å². The number of methoxy groups -OCH3 is 1. The molecule has 0 spiro atoms. The second-order valence-electron chi connectivity index (χ2n) is 7.60. The molecule has 0 aliphatic rings. The first-order valence-corrected chi connectivity index (χ1v) is 9.35. The number of aliphatic hydroxyl groups is 1. The fraction of sp³-hybridized carbons (Fsp3) is 0.400. The van der Waals surface area contributed by atoms with Crippen molar-refractivity contribution in [3.05, 3.63) is 57.8 Å². The molecule has 2 aromatic rings. The van der Waals surface area contributed by atoms with Gasteiger partial charge in [0.2, 0.25) is 0 Å². The van der Waals surface area contributed by atoms with Gasteiger partial charge in [-0.1, -0.05) is 35.3 Å². The highest BCUT2D eigenvalue weighted by atomic mass is 35.5. The molecule has 0 radical (unpaired) electrons. The van der Waals surface area contributed by atoms with Gasteiger partial charge < -0.3 is 14.9 Å². The first-order chi connectivity index (χ1) is 12.9. The molecule has 1 amide bonds. The smallest absolute Gasteiger partial charge is 0.408 e. The number of carboxylic acid groups (broad SMARTS) is 1. The van der Waals surface area contributed by atoms with Crippen molar-refractivity contribution in [2.24, 2.45) is 0 Å². The van der Waals surface area contributed by atoms with Crippen molar-refractivity contribution in [1.29, 1.82) is 0 Å². The summed E-state index contributed by atoms with van der Waals surface area (Å²) in [7, 11) is 1.47. The van der Waals surface area contributed by atoms with Gasteiger partial charge in [0.25, 0.3) is 0 Å². The molecule has 0 fully saturated rings. The molecule has 2 atom stereocenters. The molecule has 1 heterocycles. The zero-order valence-electron chi connectivity index (χ0n) is 16.4. The Morgan fingerprint density at radius 1 is 1.18 bits per heavy atom. The summed E-state index contributed by atoms with van der Waals surface area (Å²) in [6.45, 7) is 6.94. The highest BCUT2D eigenvalue weighted by Gasteiger charge is 2.49. The minimum atomic E-state index is -1.37. The van der Waals surface area contributed by atoms with Crippen LogP contribution >= 0.6 is 23.2 Å². The Morgan fingerprint density at radius 3 is 2.29 bits per heavy atom. The van der Waals surface area contributed by atoms with E-state index in [1.807, 2.05) is 0 Å². The molecule has 6 nitrogen and oxygen atoms in total. The fourth-order valence-electron chi connectivity index (χ4n) is 3.44. The molecular weight excluding hydrogens is 403 g/mol. The number of pyridine rings is 1. The van der Waals surface area contributed by atoms with Crippen LogP contribution in [0.4, 0.5) is 4.79 Å². The summed E-state index contributed by atoms with van der Waals surface area (Å²) in [5.41, 5.74) is -1.25. The van der Waals surface area contributed by atoms with Crippen molar-refractivity contribution < 1.29 is 19.7 Å². The van der Waals surface area contributed by atoms with Crippen LogP contribution in [-0.4, -0.2) is 38.8 Å². The van der Waals surface area contributed by atoms with E-state index in [9.17, 15) is 15.0 Å². The van der Waals surface area contributed by atoms with Gasteiger partial charge in [0, 0.05) is 11.7 Å². The summed E-state index contributed by atoms with van der Waals surface area (Å²) < 4.78 is 5.24. The largest absolute Gasteiger partial charge is 0.495 e. The maximum absolute atomic E-state index is 12.3. The predicted octanol–water partition coefficient (Wildman–Crippen LogP) is 5.12. The molecule has 1 aromatic carbocycles. The number of halogens is 2. The van der Waals surface area contributed by atoms with E-state index >= 15 is 0 Å². The third-order valence-corrected chi connectivity index (χ3v) is 5.20. The lowest BCUT2D eigenvalue weighted by molar-refractivity contribution is -0.0566. The van der Waals surface area contributed by atoms with E-state index in [0.717, 1.165) is 0 Å². The Labute approximate surface area is 174 Å². The summed E-state index contributed by atoms with van der Waals surface area (Å²) in [5.74, 6) is 0.382. The first-order valence-electron chi connectivity index (χ1n) is 8.59. The lowest BCUT2D eigenvalue weighted by atomic mass is 9.79. The van der Waals surface area contributed by atoms with Gasteiger partial charge in [0.15, 0.2) is 0 Å². The molecule has 152 valence electrons. The second-order valence-corrected chi connectivity index (χ2v) is 8.40. The van der Waals surface area contributed by atoms with Gasteiger partial charge in [-0.15, -0.1) is 0 Å². The fourth-order valence-corrected chi connectivity index (χ4v) is 3.74. The van der Waals surface area contributed by atoms with E-state index in [2.05, 4.69) is 4.98 Å². The van der Waals surface area contributed by atoms with Crippen molar-refractivity contribution in [2.75, 3.05) is 7.11 Å². The zero-order chi connectivity index (χ0) is 21.3. The van der Waals surface area contributed by atoms with Crippen molar-refractivity contribution >= 4 is 29.3 Å². The molecule has 0 bridgehead atoms. The van der Waals surface area contributed by atoms with Gasteiger partial charge in [-0.25, -0.2) is 9.78 Å². The molecule has 0 saturated heterocycles. The van der Waals surface area contributed by atoms with Crippen LogP contribution in [0.2, 0.25) is 10.2 Å². The number of nitrogens with zero attached hydrogens (tertiary/aromatic N) is 2. The van der Waals surface area contributed by atoms with Crippen LogP contribution in [0.25, 0.3) is 0 Å². The van der Waals surface area contributed by atoms with Gasteiger partial charge in [-0.2, -0.15) is 0 Å². The average molecular weight is 427 g/mol. The summed E-state index contributed by atoms with van der Waals surface area (Å²) >= 11 is 12.0. The molecule has 0 aliphatic heterocycles. The average Bonchev–Trinajstić information content (AvgIpc) is 2.60. The monoisotopic (exact) mass is 426 g/mol. The molecule has 2 rings (SSSR count). The van der Waals surface area contributed by atoms with E-state index in [0.29, 0.717) is 21.9 Å². The molecular formula is C20H24Cl2N2O4. The van der Waals surface area contributed by atoms with Gasteiger partial charge in [-0.05, 0) is 57.0 Å². The molecule has 8 heteroatoms. The number of ether oxygens (including phenoxy) is 1. The van der Waals surface area contributed by atoms with E-state index in [1.165, 1.54) is 18.2 Å². The Balaban J connectivity index is 2.73. The Kier molecular flexibility index (Phi) is 6.48. The van der Waals surface area contributed by atoms with Crippen LogP contribution in [0.15, 0.2) is 36.5 Å². The second kappa shape index (κ2) is 8.15. The lowest BCUT2D eigenvalue weighted by Gasteiger charge is -2.49. The lowest BCUT2D eigenvalue weighted by Crippen LogP contribution is -2.58. The molecule has 28 heavy (non-hydrogen) atoms. The summed E-state index contributed by atoms with van der Waals surface area (Å²) in [4.78, 5) is 17.6. The van der Waals surface area contributed by atoms with Crippen molar-refractivity contribution in [3.8, 4) is 5.75 Å². The number of hydrogen-bond acceptors (Lipinski definition) is 4. The van der Waals surface area contributed by atoms with E-state index in [4.69, 9.17) is 27.9 Å². The SMILES string of the molecule is COc1cc(C(O)C(C)(c2ccc(Cl)nc2)N(C(=O)O)C(C)(C)C)ccc1Cl. The number of aromatic nitrogens is 1. The highest BCUT2D eigenvalue weighted by molar-refractivity contribution is 6.32. The van der Waals surface area contributed by atoms with Gasteiger partial charge in [0.05, 0.1) is 12.1 Å². The topological polar surface area (TPSA) is 82.9 Å². The third kappa shape index (κ3) is 4.19. The molecule has 0 saturated carbocycles. The van der Waals surface area contributed by atoms with Gasteiger partial charge in [-0.3, -0.25) is 4.90 Å². The number of carbonyl (C=O) groups is 1. The molecule has 1 aromatic heterocycles. The van der Waals surface area contributed by atoms with Crippen LogP contribution in [-0.2, 0) is 5.54 Å². The maximum atomic E-state index is 12.3. The normalized spacial score (nSPS) is 14.9. The highest BCUT2D eigenvalue weighted by Crippen LogP contribution is 2.45. The molecule has 0 aliphatic carbocycles. The van der Waals surface area contributed by atoms with Crippen LogP contribution in [0.1, 0.15) is 44.9 Å². The maximum Gasteiger partial charge on any atom is 0.408 e. The quantitative estimate of drug-likeness (QED) is 0.647. The zero-order valence-corrected chi connectivity index (χ0v) is 17.9. The van der Waals surface area contributed by atoms with Gasteiger partial charge >= 0.3 is 6.09 Å².